The summed E-state index contributed by atoms with van der Waals surface area (Å²) in [5.41, 5.74) is 3.83. The third-order valence-corrected chi connectivity index (χ3v) is 10.7. The van der Waals surface area contributed by atoms with Gasteiger partial charge in [-0.25, -0.2) is 22.5 Å². The molecule has 0 spiro atoms. The molecule has 2 aliphatic rings. The van der Waals surface area contributed by atoms with E-state index < -0.39 is 22.0 Å². The molecule has 268 valence electrons. The van der Waals surface area contributed by atoms with E-state index in [-0.39, 0.29) is 58.6 Å². The Morgan fingerprint density at radius 1 is 0.980 bits per heavy atom. The number of likely N-dealkylation sites (tertiary alicyclic amines) is 1. The van der Waals surface area contributed by atoms with Crippen LogP contribution in [-0.4, -0.2) is 65.7 Å². The predicted molar refractivity (Wildman–Crippen MR) is 193 cm³/mol. The Labute approximate surface area is 299 Å². The van der Waals surface area contributed by atoms with Crippen molar-refractivity contribution in [2.75, 3.05) is 24.4 Å². The summed E-state index contributed by atoms with van der Waals surface area (Å²) in [6.45, 7) is 10.3. The van der Waals surface area contributed by atoms with Gasteiger partial charge < -0.3 is 14.5 Å². The molecule has 12 heteroatoms. The normalized spacial score (nSPS) is 19.2. The van der Waals surface area contributed by atoms with Gasteiger partial charge in [-0.3, -0.25) is 9.59 Å². The number of aromatic nitrogens is 2. The number of hydrogen-bond donors (Lipinski definition) is 1. The Morgan fingerprint density at radius 2 is 1.69 bits per heavy atom. The number of benzene rings is 3. The highest BCUT2D eigenvalue weighted by Crippen LogP contribution is 2.34. The number of nitrogens with one attached hydrogen (secondary N) is 1. The number of amides is 2. The molecule has 0 aliphatic carbocycles. The average Bonchev–Trinajstić information content (AvgIpc) is 3.08. The first-order valence-corrected chi connectivity index (χ1v) is 18.7. The SMILES string of the molecule is Cc1cccc(C)c1-c1cc2nc(n1)NS(=O)(=O)c1cccc(c1)C(=O)N(CC(=O)N1CCCCC1c1ccc(F)cc1)[C@H](CC(C)(C)C)CO2. The van der Waals surface area contributed by atoms with E-state index in [2.05, 4.69) is 14.7 Å². The minimum atomic E-state index is -4.25. The molecule has 6 rings (SSSR count). The minimum Gasteiger partial charge on any atom is -0.475 e. The summed E-state index contributed by atoms with van der Waals surface area (Å²) in [6.07, 6.45) is 2.89. The molecule has 0 radical (unpaired) electrons. The second kappa shape index (κ2) is 14.4. The van der Waals surface area contributed by atoms with Gasteiger partial charge in [0, 0.05) is 23.7 Å². The molecule has 1 N–H and O–H groups in total. The summed E-state index contributed by atoms with van der Waals surface area (Å²) in [5.74, 6) is -1.15. The summed E-state index contributed by atoms with van der Waals surface area (Å²) in [7, 11) is -4.25. The maximum Gasteiger partial charge on any atom is 0.264 e. The van der Waals surface area contributed by atoms with Crippen LogP contribution >= 0.6 is 0 Å². The van der Waals surface area contributed by atoms with Gasteiger partial charge in [-0.1, -0.05) is 57.2 Å². The molecule has 4 aromatic rings. The van der Waals surface area contributed by atoms with Crippen molar-refractivity contribution in [2.45, 2.75) is 77.3 Å². The van der Waals surface area contributed by atoms with Crippen LogP contribution in [-0.2, 0) is 14.8 Å². The largest absolute Gasteiger partial charge is 0.475 e. The molecular weight excluding hydrogens is 670 g/mol. The van der Waals surface area contributed by atoms with E-state index in [0.29, 0.717) is 25.1 Å². The number of halogens is 1. The molecule has 3 aromatic carbocycles. The Morgan fingerprint density at radius 3 is 2.39 bits per heavy atom. The van der Waals surface area contributed by atoms with Crippen LogP contribution in [0.3, 0.4) is 0 Å². The van der Waals surface area contributed by atoms with Gasteiger partial charge >= 0.3 is 0 Å². The Kier molecular flexibility index (Phi) is 10.2. The lowest BCUT2D eigenvalue weighted by Crippen LogP contribution is -2.51. The van der Waals surface area contributed by atoms with Gasteiger partial charge in [0.05, 0.1) is 22.7 Å². The molecule has 1 fully saturated rings. The highest BCUT2D eigenvalue weighted by Gasteiger charge is 2.36. The summed E-state index contributed by atoms with van der Waals surface area (Å²) in [6, 6.07) is 18.6. The number of hydrogen-bond acceptors (Lipinski definition) is 7. The van der Waals surface area contributed by atoms with E-state index in [9.17, 15) is 22.4 Å². The molecule has 1 unspecified atom stereocenters. The fourth-order valence-electron chi connectivity index (χ4n) is 7.04. The zero-order valence-corrected chi connectivity index (χ0v) is 30.5. The Bertz CT molecular complexity index is 2030. The third-order valence-electron chi connectivity index (χ3n) is 9.41. The van der Waals surface area contributed by atoms with Crippen molar-refractivity contribution in [3.05, 3.63) is 101 Å². The Balaban J connectivity index is 1.44. The van der Waals surface area contributed by atoms with Crippen molar-refractivity contribution in [2.24, 2.45) is 5.41 Å². The van der Waals surface area contributed by atoms with Gasteiger partial charge in [-0.15, -0.1) is 0 Å². The monoisotopic (exact) mass is 713 g/mol. The maximum absolute atomic E-state index is 14.5. The molecule has 1 saturated heterocycles. The fourth-order valence-corrected chi connectivity index (χ4v) is 8.03. The molecule has 0 saturated carbocycles. The summed E-state index contributed by atoms with van der Waals surface area (Å²) in [4.78, 5) is 41.0. The van der Waals surface area contributed by atoms with E-state index in [1.165, 1.54) is 35.2 Å². The van der Waals surface area contributed by atoms with Crippen LogP contribution in [0.4, 0.5) is 10.3 Å². The van der Waals surface area contributed by atoms with Crippen LogP contribution in [0.1, 0.15) is 79.5 Å². The van der Waals surface area contributed by atoms with E-state index in [1.807, 2.05) is 52.8 Å². The number of fused-ring (bicyclic) bond motifs is 4. The van der Waals surface area contributed by atoms with Gasteiger partial charge in [0.25, 0.3) is 15.9 Å². The molecule has 2 atom stereocenters. The maximum atomic E-state index is 14.5. The van der Waals surface area contributed by atoms with Crippen molar-refractivity contribution in [1.29, 1.82) is 0 Å². The number of anilines is 1. The molecule has 3 heterocycles. The highest BCUT2D eigenvalue weighted by atomic mass is 32.2. The first-order valence-electron chi connectivity index (χ1n) is 17.3. The second-order valence-electron chi connectivity index (χ2n) is 14.6. The highest BCUT2D eigenvalue weighted by molar-refractivity contribution is 7.92. The second-order valence-corrected chi connectivity index (χ2v) is 16.3. The van der Waals surface area contributed by atoms with Crippen LogP contribution in [0.15, 0.2) is 77.7 Å². The topological polar surface area (TPSA) is 122 Å². The summed E-state index contributed by atoms with van der Waals surface area (Å²) < 4.78 is 50.1. The average molecular weight is 714 g/mol. The third kappa shape index (κ3) is 8.22. The van der Waals surface area contributed by atoms with Crippen molar-refractivity contribution >= 4 is 27.8 Å². The van der Waals surface area contributed by atoms with Gasteiger partial charge in [0.2, 0.25) is 17.7 Å². The van der Waals surface area contributed by atoms with Crippen molar-refractivity contribution < 1.29 is 27.1 Å². The van der Waals surface area contributed by atoms with E-state index >= 15 is 0 Å². The standard InChI is InChI=1S/C39H44FN5O5S/c1-25-10-8-11-26(2)36(25)32-21-34-42-38(41-32)43-51(48,49)31-13-9-12-28(20-31)37(47)45(30(24-50-34)22-39(3,4)5)23-35(46)44-19-7-6-14-33(44)27-15-17-29(40)18-16-27/h8-13,15-18,20-21,30,33H,6-7,14,19,22-24H2,1-5H3,(H,41,42,43)/t30-,33?/m1/s1. The van der Waals surface area contributed by atoms with Gasteiger partial charge in [0.1, 0.15) is 19.0 Å². The molecular formula is C39H44FN5O5S. The number of rotatable bonds is 5. The van der Waals surface area contributed by atoms with Crippen LogP contribution in [0, 0.1) is 25.1 Å². The molecule has 10 nitrogen and oxygen atoms in total. The molecule has 2 aliphatic heterocycles. The molecule has 1 aromatic heterocycles. The smallest absolute Gasteiger partial charge is 0.264 e. The van der Waals surface area contributed by atoms with Gasteiger partial charge in [-0.05, 0) is 92.0 Å². The number of nitrogens with zero attached hydrogens (tertiary/aromatic N) is 4. The van der Waals surface area contributed by atoms with E-state index in [4.69, 9.17) is 4.74 Å². The van der Waals surface area contributed by atoms with Gasteiger partial charge in [-0.2, -0.15) is 4.98 Å². The van der Waals surface area contributed by atoms with E-state index in [1.54, 1.807) is 29.2 Å². The number of aryl methyl sites for hydroxylation is 2. The van der Waals surface area contributed by atoms with Gasteiger partial charge in [0.15, 0.2) is 0 Å². The number of piperidine rings is 1. The van der Waals surface area contributed by atoms with Crippen LogP contribution in [0.25, 0.3) is 11.3 Å². The van der Waals surface area contributed by atoms with Crippen molar-refractivity contribution in [3.63, 3.8) is 0 Å². The lowest BCUT2D eigenvalue weighted by molar-refractivity contribution is -0.136. The number of ether oxygens (including phenoxy) is 1. The zero-order valence-electron chi connectivity index (χ0n) is 29.6. The first-order chi connectivity index (χ1) is 24.2. The molecule has 4 bridgehead atoms. The van der Waals surface area contributed by atoms with Crippen molar-refractivity contribution in [3.8, 4) is 17.1 Å². The zero-order chi connectivity index (χ0) is 36.5. The van der Waals surface area contributed by atoms with E-state index in [0.717, 1.165) is 35.1 Å². The van der Waals surface area contributed by atoms with Crippen LogP contribution < -0.4 is 9.46 Å². The number of carbonyl (C=O) groups is 2. The predicted octanol–water partition coefficient (Wildman–Crippen LogP) is 7.09. The van der Waals surface area contributed by atoms with Crippen LogP contribution in [0.2, 0.25) is 0 Å². The minimum absolute atomic E-state index is 0.0211. The van der Waals surface area contributed by atoms with Crippen LogP contribution in [0.5, 0.6) is 5.88 Å². The number of carbonyl (C=O) groups excluding carboxylic acids is 2. The number of sulfonamides is 1. The lowest BCUT2D eigenvalue weighted by Gasteiger charge is -2.40. The Hall–Kier alpha value is -4.84. The first kappa shape index (κ1) is 36.0. The van der Waals surface area contributed by atoms with Crippen molar-refractivity contribution in [1.82, 2.24) is 19.8 Å². The fraction of sp³-hybridized carbons (Fsp3) is 0.385. The summed E-state index contributed by atoms with van der Waals surface area (Å²) in [5, 5.41) is 0. The quantitative estimate of drug-likeness (QED) is 0.234. The molecule has 2 amide bonds. The molecule has 51 heavy (non-hydrogen) atoms. The lowest BCUT2D eigenvalue weighted by atomic mass is 9.87. The summed E-state index contributed by atoms with van der Waals surface area (Å²) >= 11 is 0.